The number of sulfonamides is 1. The minimum absolute atomic E-state index is 0.0777. The highest BCUT2D eigenvalue weighted by atomic mass is 35.5. The van der Waals surface area contributed by atoms with Gasteiger partial charge in [0.05, 0.1) is 16.2 Å². The molecule has 5 rings (SSSR count). The fourth-order valence-corrected chi connectivity index (χ4v) is 6.64. The van der Waals surface area contributed by atoms with Gasteiger partial charge in [-0.25, -0.2) is 13.4 Å². The van der Waals surface area contributed by atoms with Gasteiger partial charge in [-0.2, -0.15) is 27.1 Å². The topological polar surface area (TPSA) is 79.6 Å². The number of alkyl halides is 3. The van der Waals surface area contributed by atoms with Crippen molar-refractivity contribution in [2.75, 3.05) is 25.0 Å². The van der Waals surface area contributed by atoms with Gasteiger partial charge in [-0.3, -0.25) is 0 Å². The Morgan fingerprint density at radius 3 is 2.63 bits per heavy atom. The number of hydrogen-bond acceptors (Lipinski definition) is 5. The average Bonchev–Trinajstić information content (AvgIpc) is 3.28. The van der Waals surface area contributed by atoms with Crippen molar-refractivity contribution in [3.8, 4) is 11.3 Å². The molecule has 2 aromatic heterocycles. The van der Waals surface area contributed by atoms with Crippen LogP contribution in [0.3, 0.4) is 0 Å². The molecule has 1 saturated heterocycles. The summed E-state index contributed by atoms with van der Waals surface area (Å²) in [7, 11) is 1.73. The first-order valence-electron chi connectivity index (χ1n) is 11.8. The molecule has 3 heterocycles. The number of benzene rings is 2. The molecule has 1 atom stereocenters. The SMILES string of the molecule is [B]c1cnn2c(NCC3CCCN(S(=O)(=O)c4ccccc4C(F)(F)F)C3)cc(-c3ccccc3Cl)nc12. The number of nitrogens with zero attached hydrogens (tertiary/aromatic N) is 4. The highest BCUT2D eigenvalue weighted by molar-refractivity contribution is 7.89. The quantitative estimate of drug-likeness (QED) is 0.355. The largest absolute Gasteiger partial charge is 0.417 e. The third kappa shape index (κ3) is 5.12. The lowest BCUT2D eigenvalue weighted by Gasteiger charge is -2.32. The second-order valence-corrected chi connectivity index (χ2v) is 11.4. The highest BCUT2D eigenvalue weighted by Crippen LogP contribution is 2.36. The molecule has 1 aliphatic heterocycles. The summed E-state index contributed by atoms with van der Waals surface area (Å²) in [5.41, 5.74) is 0.928. The van der Waals surface area contributed by atoms with Gasteiger partial charge in [0, 0.05) is 42.5 Å². The molecule has 196 valence electrons. The zero-order chi connectivity index (χ0) is 27.1. The van der Waals surface area contributed by atoms with Gasteiger partial charge in [-0.1, -0.05) is 41.9 Å². The van der Waals surface area contributed by atoms with Gasteiger partial charge in [0.25, 0.3) is 0 Å². The molecule has 13 heteroatoms. The number of halogens is 4. The van der Waals surface area contributed by atoms with E-state index >= 15 is 0 Å². The van der Waals surface area contributed by atoms with Crippen LogP contribution >= 0.6 is 11.6 Å². The summed E-state index contributed by atoms with van der Waals surface area (Å²) in [5, 5.41) is 8.11. The van der Waals surface area contributed by atoms with Crippen molar-refractivity contribution < 1.29 is 21.6 Å². The number of hydrogen-bond donors (Lipinski definition) is 1. The van der Waals surface area contributed by atoms with Crippen molar-refractivity contribution >= 4 is 46.4 Å². The number of nitrogens with one attached hydrogen (secondary N) is 1. The van der Waals surface area contributed by atoms with E-state index in [-0.39, 0.29) is 19.0 Å². The maximum atomic E-state index is 13.5. The maximum Gasteiger partial charge on any atom is 0.417 e. The van der Waals surface area contributed by atoms with E-state index in [4.69, 9.17) is 19.4 Å². The van der Waals surface area contributed by atoms with Crippen molar-refractivity contribution in [1.29, 1.82) is 0 Å². The first kappa shape index (κ1) is 26.5. The van der Waals surface area contributed by atoms with Crippen LogP contribution in [0.1, 0.15) is 18.4 Å². The molecule has 2 aromatic carbocycles. The number of rotatable bonds is 6. The van der Waals surface area contributed by atoms with Crippen LogP contribution in [-0.2, 0) is 16.2 Å². The lowest BCUT2D eigenvalue weighted by atomic mass is 9.99. The Balaban J connectivity index is 1.39. The molecule has 0 bridgehead atoms. The van der Waals surface area contributed by atoms with Crippen LogP contribution in [0.5, 0.6) is 0 Å². The van der Waals surface area contributed by atoms with Gasteiger partial charge in [0.2, 0.25) is 10.0 Å². The average molecular weight is 560 g/mol. The molecule has 1 unspecified atom stereocenters. The molecule has 38 heavy (non-hydrogen) atoms. The summed E-state index contributed by atoms with van der Waals surface area (Å²) in [6, 6.07) is 13.3. The Labute approximate surface area is 224 Å². The van der Waals surface area contributed by atoms with E-state index < -0.39 is 26.7 Å². The third-order valence-corrected chi connectivity index (χ3v) is 8.77. The lowest BCUT2D eigenvalue weighted by Crippen LogP contribution is -2.42. The summed E-state index contributed by atoms with van der Waals surface area (Å²) in [6.45, 7) is 0.582. The van der Waals surface area contributed by atoms with Crippen LogP contribution in [0.25, 0.3) is 16.9 Å². The van der Waals surface area contributed by atoms with E-state index in [1.165, 1.54) is 18.3 Å². The molecule has 2 radical (unpaired) electrons. The van der Waals surface area contributed by atoms with Crippen molar-refractivity contribution in [3.63, 3.8) is 0 Å². The minimum Gasteiger partial charge on any atom is -0.370 e. The van der Waals surface area contributed by atoms with Gasteiger partial charge in [-0.15, -0.1) is 0 Å². The Morgan fingerprint density at radius 1 is 1.13 bits per heavy atom. The van der Waals surface area contributed by atoms with Crippen molar-refractivity contribution in [2.45, 2.75) is 23.9 Å². The second kappa shape index (κ2) is 10.2. The van der Waals surface area contributed by atoms with Crippen LogP contribution in [-0.4, -0.2) is 54.8 Å². The molecule has 0 saturated carbocycles. The zero-order valence-electron chi connectivity index (χ0n) is 20.0. The van der Waals surface area contributed by atoms with Crippen LogP contribution < -0.4 is 10.8 Å². The molecule has 1 fully saturated rings. The van der Waals surface area contributed by atoms with Crippen LogP contribution in [0.2, 0.25) is 5.02 Å². The molecule has 1 aliphatic rings. The normalized spacial score (nSPS) is 17.1. The zero-order valence-corrected chi connectivity index (χ0v) is 21.6. The van der Waals surface area contributed by atoms with Gasteiger partial charge in [0.15, 0.2) is 5.65 Å². The van der Waals surface area contributed by atoms with Crippen LogP contribution in [0.4, 0.5) is 19.0 Å². The molecular formula is C25H22BClF3N5O2S. The fourth-order valence-electron chi connectivity index (χ4n) is 4.64. The number of aromatic nitrogens is 3. The lowest BCUT2D eigenvalue weighted by molar-refractivity contribution is -0.139. The van der Waals surface area contributed by atoms with Gasteiger partial charge >= 0.3 is 6.18 Å². The van der Waals surface area contributed by atoms with Gasteiger partial charge in [0.1, 0.15) is 13.7 Å². The number of piperidine rings is 1. The van der Waals surface area contributed by atoms with Crippen molar-refractivity contribution in [1.82, 2.24) is 18.9 Å². The second-order valence-electron chi connectivity index (χ2n) is 9.09. The maximum absolute atomic E-state index is 13.5. The monoisotopic (exact) mass is 559 g/mol. The molecule has 0 amide bonds. The minimum atomic E-state index is -4.78. The summed E-state index contributed by atoms with van der Waals surface area (Å²) in [5.74, 6) is 0.417. The van der Waals surface area contributed by atoms with E-state index in [2.05, 4.69) is 15.4 Å². The summed E-state index contributed by atoms with van der Waals surface area (Å²) >= 11 is 6.38. The molecule has 4 aromatic rings. The van der Waals surface area contributed by atoms with E-state index in [1.54, 1.807) is 16.6 Å². The third-order valence-electron chi connectivity index (χ3n) is 6.51. The Kier molecular flexibility index (Phi) is 7.14. The van der Waals surface area contributed by atoms with E-state index in [0.717, 1.165) is 16.4 Å². The Hall–Kier alpha value is -3.09. The number of fused-ring (bicyclic) bond motifs is 1. The van der Waals surface area contributed by atoms with Crippen LogP contribution in [0, 0.1) is 5.92 Å². The van der Waals surface area contributed by atoms with Crippen molar-refractivity contribution in [3.05, 3.63) is 71.4 Å². The van der Waals surface area contributed by atoms with Crippen LogP contribution in [0.15, 0.2) is 65.7 Å². The predicted molar refractivity (Wildman–Crippen MR) is 140 cm³/mol. The van der Waals surface area contributed by atoms with E-state index in [1.807, 2.05) is 18.2 Å². The molecule has 0 aliphatic carbocycles. The van der Waals surface area contributed by atoms with Gasteiger partial charge < -0.3 is 5.32 Å². The molecule has 7 nitrogen and oxygen atoms in total. The van der Waals surface area contributed by atoms with Crippen molar-refractivity contribution in [2.24, 2.45) is 5.92 Å². The van der Waals surface area contributed by atoms with E-state index in [0.29, 0.717) is 52.6 Å². The smallest absolute Gasteiger partial charge is 0.370 e. The predicted octanol–water partition coefficient (Wildman–Crippen LogP) is 4.38. The summed E-state index contributed by atoms with van der Waals surface area (Å²) < 4.78 is 69.7. The Morgan fingerprint density at radius 2 is 1.87 bits per heavy atom. The molecule has 1 N–H and O–H groups in total. The summed E-state index contributed by atoms with van der Waals surface area (Å²) in [6.07, 6.45) is -2.08. The first-order valence-corrected chi connectivity index (χ1v) is 13.7. The van der Waals surface area contributed by atoms with Gasteiger partial charge in [-0.05, 0) is 42.4 Å². The first-order chi connectivity index (χ1) is 18.1. The standard InChI is InChI=1S/C25H22BClF3N5O2S/c26-19-14-32-35-23(12-21(33-24(19)35)17-7-1-3-9-20(17)27)31-13-16-6-5-11-34(15-16)38(36,37)22-10-4-2-8-18(22)25(28,29)30/h1-4,7-10,12,14,16,31H,5-6,11,13,15H2. The summed E-state index contributed by atoms with van der Waals surface area (Å²) in [4.78, 5) is 3.87. The Bertz CT molecular complexity index is 1600. The fraction of sp³-hybridized carbons (Fsp3) is 0.280. The van der Waals surface area contributed by atoms with E-state index in [9.17, 15) is 21.6 Å². The highest BCUT2D eigenvalue weighted by Gasteiger charge is 2.39. The molecule has 0 spiro atoms. The molecular weight excluding hydrogens is 538 g/mol. The number of anilines is 1.